The van der Waals surface area contributed by atoms with Gasteiger partial charge in [-0.1, -0.05) is 18.2 Å². The van der Waals surface area contributed by atoms with Crippen molar-refractivity contribution in [3.63, 3.8) is 0 Å². The molecule has 0 aliphatic rings. The molecule has 0 saturated carbocycles. The quantitative estimate of drug-likeness (QED) is 0.682. The number of sulfonamides is 1. The molecule has 0 aliphatic carbocycles. The van der Waals surface area contributed by atoms with E-state index >= 15 is 0 Å². The lowest BCUT2D eigenvalue weighted by Crippen LogP contribution is -2.12. The van der Waals surface area contributed by atoms with E-state index in [-0.39, 0.29) is 4.90 Å². The van der Waals surface area contributed by atoms with Crippen molar-refractivity contribution in [3.05, 3.63) is 78.9 Å². The zero-order chi connectivity index (χ0) is 18.6. The first-order valence-corrected chi connectivity index (χ1v) is 9.65. The van der Waals surface area contributed by atoms with Crippen molar-refractivity contribution >= 4 is 32.8 Å². The third-order valence-corrected chi connectivity index (χ3v) is 5.26. The van der Waals surface area contributed by atoms with Crippen molar-refractivity contribution in [1.82, 2.24) is 0 Å². The van der Waals surface area contributed by atoms with Crippen LogP contribution in [0.1, 0.15) is 0 Å². The van der Waals surface area contributed by atoms with Gasteiger partial charge in [0.15, 0.2) is 0 Å². The van der Waals surface area contributed by atoms with Crippen molar-refractivity contribution in [2.24, 2.45) is 0 Å². The molecule has 0 bridgehead atoms. The number of nitrogens with zero attached hydrogens (tertiary/aromatic N) is 1. The third-order valence-electron chi connectivity index (χ3n) is 3.86. The summed E-state index contributed by atoms with van der Waals surface area (Å²) in [5, 5.41) is 3.30. The first-order valence-electron chi connectivity index (χ1n) is 8.16. The van der Waals surface area contributed by atoms with Crippen molar-refractivity contribution in [2.75, 3.05) is 29.0 Å². The van der Waals surface area contributed by atoms with Crippen LogP contribution in [0.4, 0.5) is 22.7 Å². The van der Waals surface area contributed by atoms with E-state index in [9.17, 15) is 8.42 Å². The minimum absolute atomic E-state index is 0.239. The van der Waals surface area contributed by atoms with E-state index in [1.54, 1.807) is 42.5 Å². The Balaban J connectivity index is 1.69. The number of nitrogens with one attached hydrogen (secondary N) is 2. The van der Waals surface area contributed by atoms with E-state index in [4.69, 9.17) is 0 Å². The fourth-order valence-electron chi connectivity index (χ4n) is 2.44. The summed E-state index contributed by atoms with van der Waals surface area (Å²) in [4.78, 5) is 2.28. The maximum absolute atomic E-state index is 12.3. The lowest BCUT2D eigenvalue weighted by Gasteiger charge is -2.14. The van der Waals surface area contributed by atoms with Crippen LogP contribution in [0.3, 0.4) is 0 Å². The first-order chi connectivity index (χ1) is 12.4. The normalized spacial score (nSPS) is 11.0. The molecule has 0 amide bonds. The fourth-order valence-corrected chi connectivity index (χ4v) is 3.52. The smallest absolute Gasteiger partial charge is 0.261 e. The number of hydrogen-bond acceptors (Lipinski definition) is 4. The fraction of sp³-hybridized carbons (Fsp3) is 0.100. The highest BCUT2D eigenvalue weighted by Gasteiger charge is 2.13. The maximum atomic E-state index is 12.3. The SMILES string of the molecule is CN(C)c1ccc(Nc2ccc(NS(=O)(=O)c3ccccc3)cc2)cc1. The van der Waals surface area contributed by atoms with Gasteiger partial charge in [0.05, 0.1) is 4.90 Å². The van der Waals surface area contributed by atoms with Gasteiger partial charge in [0.1, 0.15) is 0 Å². The average Bonchev–Trinajstić information content (AvgIpc) is 2.64. The van der Waals surface area contributed by atoms with Gasteiger partial charge in [0, 0.05) is 36.8 Å². The van der Waals surface area contributed by atoms with Crippen LogP contribution in [-0.4, -0.2) is 22.5 Å². The van der Waals surface area contributed by atoms with Crippen LogP contribution in [0.2, 0.25) is 0 Å². The van der Waals surface area contributed by atoms with Gasteiger partial charge < -0.3 is 10.2 Å². The summed E-state index contributed by atoms with van der Waals surface area (Å²) < 4.78 is 27.3. The summed E-state index contributed by atoms with van der Waals surface area (Å²) in [6, 6.07) is 23.5. The molecule has 3 rings (SSSR count). The van der Waals surface area contributed by atoms with Crippen molar-refractivity contribution in [1.29, 1.82) is 0 Å². The van der Waals surface area contributed by atoms with Crippen LogP contribution >= 0.6 is 0 Å². The lowest BCUT2D eigenvalue weighted by atomic mass is 10.2. The molecule has 0 fully saturated rings. The molecular formula is C20H21N3O2S. The second-order valence-corrected chi connectivity index (χ2v) is 7.74. The topological polar surface area (TPSA) is 61.4 Å². The molecule has 0 radical (unpaired) electrons. The summed E-state index contributed by atoms with van der Waals surface area (Å²) >= 11 is 0. The zero-order valence-electron chi connectivity index (χ0n) is 14.7. The van der Waals surface area contributed by atoms with Gasteiger partial charge in [-0.05, 0) is 60.7 Å². The molecule has 26 heavy (non-hydrogen) atoms. The van der Waals surface area contributed by atoms with Crippen LogP contribution in [0.15, 0.2) is 83.8 Å². The summed E-state index contributed by atoms with van der Waals surface area (Å²) in [6.07, 6.45) is 0. The molecule has 0 spiro atoms. The van der Waals surface area contributed by atoms with E-state index < -0.39 is 10.0 Å². The molecule has 134 valence electrons. The van der Waals surface area contributed by atoms with E-state index in [0.717, 1.165) is 17.1 Å². The Bertz CT molecular complexity index is 952. The Morgan fingerprint density at radius 3 is 1.73 bits per heavy atom. The minimum Gasteiger partial charge on any atom is -0.378 e. The van der Waals surface area contributed by atoms with Crippen molar-refractivity contribution in [2.45, 2.75) is 4.90 Å². The predicted molar refractivity (Wildman–Crippen MR) is 108 cm³/mol. The van der Waals surface area contributed by atoms with E-state index in [1.807, 2.05) is 55.4 Å². The molecular weight excluding hydrogens is 346 g/mol. The summed E-state index contributed by atoms with van der Waals surface area (Å²) in [5.41, 5.74) is 3.49. The van der Waals surface area contributed by atoms with Gasteiger partial charge >= 0.3 is 0 Å². The van der Waals surface area contributed by atoms with Gasteiger partial charge in [-0.3, -0.25) is 4.72 Å². The standard InChI is InChI=1S/C20H21N3O2S/c1-23(2)19-14-12-17(13-15-19)21-16-8-10-18(11-9-16)22-26(24,25)20-6-4-3-5-7-20/h3-15,21-22H,1-2H3. The third kappa shape index (κ3) is 4.34. The van der Waals surface area contributed by atoms with Crippen LogP contribution < -0.4 is 14.9 Å². The Hall–Kier alpha value is -2.99. The molecule has 5 nitrogen and oxygen atoms in total. The first kappa shape index (κ1) is 17.8. The number of benzene rings is 3. The molecule has 0 atom stereocenters. The van der Waals surface area contributed by atoms with Crippen molar-refractivity contribution in [3.8, 4) is 0 Å². The van der Waals surface area contributed by atoms with Crippen LogP contribution in [-0.2, 0) is 10.0 Å². The molecule has 3 aromatic rings. The van der Waals surface area contributed by atoms with Crippen LogP contribution in [0.5, 0.6) is 0 Å². The summed E-state index contributed by atoms with van der Waals surface area (Å²) in [7, 11) is 0.422. The monoisotopic (exact) mass is 367 g/mol. The Kier molecular flexibility index (Phi) is 5.14. The molecule has 0 saturated heterocycles. The lowest BCUT2D eigenvalue weighted by molar-refractivity contribution is 0.601. The van der Waals surface area contributed by atoms with E-state index in [0.29, 0.717) is 5.69 Å². The molecule has 0 unspecified atom stereocenters. The maximum Gasteiger partial charge on any atom is 0.261 e. The Morgan fingerprint density at radius 2 is 1.19 bits per heavy atom. The average molecular weight is 367 g/mol. The number of rotatable bonds is 6. The summed E-state index contributed by atoms with van der Waals surface area (Å²) in [6.45, 7) is 0. The van der Waals surface area contributed by atoms with Crippen LogP contribution in [0.25, 0.3) is 0 Å². The second kappa shape index (κ2) is 7.49. The summed E-state index contributed by atoms with van der Waals surface area (Å²) in [5.74, 6) is 0. The molecule has 3 aromatic carbocycles. The second-order valence-electron chi connectivity index (χ2n) is 6.06. The van der Waals surface area contributed by atoms with E-state index in [2.05, 4.69) is 10.0 Å². The van der Waals surface area contributed by atoms with Gasteiger partial charge in [-0.25, -0.2) is 8.42 Å². The zero-order valence-corrected chi connectivity index (χ0v) is 15.5. The molecule has 2 N–H and O–H groups in total. The molecule has 0 aromatic heterocycles. The van der Waals surface area contributed by atoms with E-state index in [1.165, 1.54) is 0 Å². The Labute approximate surface area is 154 Å². The highest BCUT2D eigenvalue weighted by molar-refractivity contribution is 7.92. The molecule has 0 aliphatic heterocycles. The highest BCUT2D eigenvalue weighted by atomic mass is 32.2. The minimum atomic E-state index is -3.57. The molecule has 0 heterocycles. The van der Waals surface area contributed by atoms with Gasteiger partial charge in [-0.15, -0.1) is 0 Å². The Morgan fingerprint density at radius 1 is 0.692 bits per heavy atom. The van der Waals surface area contributed by atoms with Gasteiger partial charge in [0.25, 0.3) is 10.0 Å². The predicted octanol–water partition coefficient (Wildman–Crippen LogP) is 4.30. The highest BCUT2D eigenvalue weighted by Crippen LogP contribution is 2.22. The van der Waals surface area contributed by atoms with Crippen LogP contribution in [0, 0.1) is 0 Å². The van der Waals surface area contributed by atoms with Gasteiger partial charge in [-0.2, -0.15) is 0 Å². The van der Waals surface area contributed by atoms with Crippen molar-refractivity contribution < 1.29 is 8.42 Å². The number of hydrogen-bond donors (Lipinski definition) is 2. The number of anilines is 4. The largest absolute Gasteiger partial charge is 0.378 e. The molecule has 6 heteroatoms. The van der Waals surface area contributed by atoms with Gasteiger partial charge in [0.2, 0.25) is 0 Å².